The van der Waals surface area contributed by atoms with Crippen molar-refractivity contribution in [3.05, 3.63) is 100 Å². The third-order valence-electron chi connectivity index (χ3n) is 7.64. The summed E-state index contributed by atoms with van der Waals surface area (Å²) in [5.74, 6) is -2.61. The molecule has 2 aromatic carbocycles. The van der Waals surface area contributed by atoms with Crippen molar-refractivity contribution in [2.75, 3.05) is 32.1 Å². The van der Waals surface area contributed by atoms with Gasteiger partial charge in [0, 0.05) is 31.9 Å². The first-order valence-corrected chi connectivity index (χ1v) is 14.5. The fraction of sp³-hybridized carbons (Fsp3) is 0.312. The summed E-state index contributed by atoms with van der Waals surface area (Å²) in [6.45, 7) is 6.85. The number of halogens is 2. The van der Waals surface area contributed by atoms with Crippen LogP contribution in [0.15, 0.2) is 71.9 Å². The first-order valence-electron chi connectivity index (χ1n) is 14.5. The van der Waals surface area contributed by atoms with Gasteiger partial charge in [-0.15, -0.1) is 0 Å². The first kappa shape index (κ1) is 32.2. The van der Waals surface area contributed by atoms with Crippen LogP contribution in [0.3, 0.4) is 0 Å². The largest absolute Gasteiger partial charge is 0.477 e. The van der Waals surface area contributed by atoms with E-state index in [1.54, 1.807) is 11.8 Å². The highest BCUT2D eigenvalue weighted by atomic mass is 19.1. The van der Waals surface area contributed by atoms with Gasteiger partial charge in [0.2, 0.25) is 11.8 Å². The summed E-state index contributed by atoms with van der Waals surface area (Å²) in [4.78, 5) is 55.8. The molecule has 0 bridgehead atoms. The van der Waals surface area contributed by atoms with Crippen LogP contribution in [0.1, 0.15) is 36.8 Å². The maximum Gasteiger partial charge on any atom is 0.313 e. The molecule has 0 unspecified atom stereocenters. The number of carbonyl (C=O) groups is 2. The van der Waals surface area contributed by atoms with Crippen LogP contribution in [0.4, 0.5) is 14.6 Å². The number of anilines is 1. The zero-order valence-corrected chi connectivity index (χ0v) is 25.7. The Morgan fingerprint density at radius 3 is 2.48 bits per heavy atom. The molecule has 5 rings (SSSR count). The third-order valence-corrected chi connectivity index (χ3v) is 7.64. The van der Waals surface area contributed by atoms with E-state index in [4.69, 9.17) is 9.47 Å². The fourth-order valence-corrected chi connectivity index (χ4v) is 5.19. The Labute approximate surface area is 263 Å². The van der Waals surface area contributed by atoms with Crippen LogP contribution in [0.25, 0.3) is 0 Å². The predicted molar refractivity (Wildman–Crippen MR) is 164 cm³/mol. The summed E-state index contributed by atoms with van der Waals surface area (Å²) in [7, 11) is 1.34. The predicted octanol–water partition coefficient (Wildman–Crippen LogP) is 3.72. The Hall–Kier alpha value is -5.24. The minimum absolute atomic E-state index is 0.0401. The van der Waals surface area contributed by atoms with E-state index in [-0.39, 0.29) is 47.4 Å². The number of benzene rings is 2. The van der Waals surface area contributed by atoms with Crippen LogP contribution < -0.4 is 20.3 Å². The molecule has 1 saturated heterocycles. The van der Waals surface area contributed by atoms with Gasteiger partial charge in [0.25, 0.3) is 11.8 Å². The van der Waals surface area contributed by atoms with Crippen molar-refractivity contribution in [3.8, 4) is 17.5 Å². The molecule has 1 aliphatic heterocycles. The van der Waals surface area contributed by atoms with Crippen LogP contribution in [0.5, 0.6) is 17.5 Å². The molecule has 4 aromatic rings. The van der Waals surface area contributed by atoms with Crippen LogP contribution in [-0.4, -0.2) is 79.5 Å². The molecule has 3 heterocycles. The number of hydrogen-bond donors (Lipinski definition) is 1. The number of amides is 2. The van der Waals surface area contributed by atoms with Gasteiger partial charge in [-0.3, -0.25) is 19.3 Å². The molecular weight excluding hydrogens is 600 g/mol. The van der Waals surface area contributed by atoms with E-state index >= 15 is 0 Å². The zero-order valence-electron chi connectivity index (χ0n) is 25.7. The van der Waals surface area contributed by atoms with E-state index in [2.05, 4.69) is 20.3 Å². The lowest BCUT2D eigenvalue weighted by Gasteiger charge is -2.48. The summed E-state index contributed by atoms with van der Waals surface area (Å²) in [6.07, 6.45) is 3.93. The van der Waals surface area contributed by atoms with E-state index < -0.39 is 28.8 Å². The van der Waals surface area contributed by atoms with Crippen LogP contribution in [-0.2, 0) is 11.3 Å². The second-order valence-corrected chi connectivity index (χ2v) is 11.4. The SMILES string of the molecule is COc1nc(C(=O)N2CCN([C@@H](C)C(=O)Nc3cnc(Oc4ccc(F)cc4F)cn3)CC2(C)C)cn(Cc2ccccc2)c1=O. The van der Waals surface area contributed by atoms with Gasteiger partial charge in [-0.2, -0.15) is 0 Å². The van der Waals surface area contributed by atoms with E-state index in [1.165, 1.54) is 30.3 Å². The van der Waals surface area contributed by atoms with Crippen molar-refractivity contribution in [1.82, 2.24) is 29.3 Å². The molecule has 1 fully saturated rings. The zero-order chi connectivity index (χ0) is 33.0. The molecule has 12 nitrogen and oxygen atoms in total. The highest BCUT2D eigenvalue weighted by Crippen LogP contribution is 2.26. The smallest absolute Gasteiger partial charge is 0.313 e. The summed E-state index contributed by atoms with van der Waals surface area (Å²) >= 11 is 0. The Morgan fingerprint density at radius 2 is 1.83 bits per heavy atom. The van der Waals surface area contributed by atoms with Gasteiger partial charge < -0.3 is 24.3 Å². The van der Waals surface area contributed by atoms with E-state index in [0.717, 1.165) is 17.7 Å². The van der Waals surface area contributed by atoms with Crippen molar-refractivity contribution in [2.45, 2.75) is 38.9 Å². The Balaban J connectivity index is 1.23. The average Bonchev–Trinajstić information content (AvgIpc) is 3.03. The molecule has 0 radical (unpaired) electrons. The lowest BCUT2D eigenvalue weighted by atomic mass is 9.96. The molecule has 2 aromatic heterocycles. The summed E-state index contributed by atoms with van der Waals surface area (Å²) in [5, 5.41) is 2.71. The number of aromatic nitrogens is 4. The maximum absolute atomic E-state index is 13.9. The van der Waals surface area contributed by atoms with Gasteiger partial charge in [0.05, 0.1) is 37.6 Å². The average molecular weight is 634 g/mol. The fourth-order valence-electron chi connectivity index (χ4n) is 5.19. The molecule has 2 amide bonds. The van der Waals surface area contributed by atoms with Crippen LogP contribution in [0, 0.1) is 11.6 Å². The van der Waals surface area contributed by atoms with Gasteiger partial charge >= 0.3 is 5.56 Å². The number of methoxy groups -OCH3 is 1. The highest BCUT2D eigenvalue weighted by Gasteiger charge is 2.40. The van der Waals surface area contributed by atoms with E-state index in [1.807, 2.05) is 49.1 Å². The van der Waals surface area contributed by atoms with Crippen LogP contribution >= 0.6 is 0 Å². The Kier molecular flexibility index (Phi) is 9.37. The number of hydrogen-bond acceptors (Lipinski definition) is 9. The van der Waals surface area contributed by atoms with Crippen molar-refractivity contribution >= 4 is 17.6 Å². The number of ether oxygens (including phenoxy) is 2. The molecule has 1 N–H and O–H groups in total. The molecule has 46 heavy (non-hydrogen) atoms. The van der Waals surface area contributed by atoms with Gasteiger partial charge in [-0.05, 0) is 38.5 Å². The normalized spacial score (nSPS) is 15.2. The topological polar surface area (TPSA) is 132 Å². The lowest BCUT2D eigenvalue weighted by molar-refractivity contribution is -0.122. The molecule has 0 saturated carbocycles. The standard InChI is InChI=1S/C32H33F2N7O5/c1-20(28(42)38-26-15-36-27(16-35-26)46-25-11-10-22(33)14-23(25)34)39-12-13-41(32(2,3)19-39)30(43)24-18-40(31(44)29(37-24)45-4)17-21-8-6-5-7-9-21/h5-11,14-16,18,20H,12-13,17,19H2,1-4H3,(H,35,38,42)/t20-/m0/s1. The molecule has 1 aliphatic rings. The number of nitrogens with zero attached hydrogens (tertiary/aromatic N) is 6. The maximum atomic E-state index is 13.9. The lowest BCUT2D eigenvalue weighted by Crippen LogP contribution is -2.63. The number of rotatable bonds is 9. The molecule has 0 aliphatic carbocycles. The minimum atomic E-state index is -0.888. The van der Waals surface area contributed by atoms with Crippen molar-refractivity contribution in [3.63, 3.8) is 0 Å². The summed E-state index contributed by atoms with van der Waals surface area (Å²) < 4.78 is 38.9. The van der Waals surface area contributed by atoms with Gasteiger partial charge in [-0.1, -0.05) is 30.3 Å². The first-order chi connectivity index (χ1) is 21.9. The molecule has 240 valence electrons. The van der Waals surface area contributed by atoms with E-state index in [9.17, 15) is 23.2 Å². The molecule has 14 heteroatoms. The second-order valence-electron chi connectivity index (χ2n) is 11.4. The number of carbonyl (C=O) groups excluding carboxylic acids is 2. The second kappa shape index (κ2) is 13.4. The summed E-state index contributed by atoms with van der Waals surface area (Å²) in [6, 6.07) is 11.7. The Morgan fingerprint density at radius 1 is 1.07 bits per heavy atom. The van der Waals surface area contributed by atoms with Crippen molar-refractivity contribution in [1.29, 1.82) is 0 Å². The number of piperazine rings is 1. The molecule has 0 spiro atoms. The van der Waals surface area contributed by atoms with Crippen LogP contribution in [0.2, 0.25) is 0 Å². The number of nitrogens with one attached hydrogen (secondary N) is 1. The Bertz CT molecular complexity index is 1780. The monoisotopic (exact) mass is 633 g/mol. The van der Waals surface area contributed by atoms with Gasteiger partial charge in [0.1, 0.15) is 11.5 Å². The van der Waals surface area contributed by atoms with Crippen molar-refractivity contribution < 1.29 is 27.8 Å². The van der Waals surface area contributed by atoms with Gasteiger partial charge in [0.15, 0.2) is 17.4 Å². The van der Waals surface area contributed by atoms with Crippen molar-refractivity contribution in [2.24, 2.45) is 0 Å². The highest BCUT2D eigenvalue weighted by molar-refractivity contribution is 5.94. The third kappa shape index (κ3) is 7.18. The molecular formula is C32H33F2N7O5. The van der Waals surface area contributed by atoms with Gasteiger partial charge in [-0.25, -0.2) is 23.7 Å². The minimum Gasteiger partial charge on any atom is -0.477 e. The summed E-state index contributed by atoms with van der Waals surface area (Å²) in [5.41, 5.74) is -0.186. The molecule has 1 atom stereocenters. The quantitative estimate of drug-likeness (QED) is 0.293. The van der Waals surface area contributed by atoms with E-state index in [0.29, 0.717) is 25.7 Å².